The summed E-state index contributed by atoms with van der Waals surface area (Å²) in [6.45, 7) is 6.14. The van der Waals surface area contributed by atoms with Crippen molar-refractivity contribution < 1.29 is 4.79 Å². The molecular formula is C18H25N5O2S. The van der Waals surface area contributed by atoms with Gasteiger partial charge in [-0.2, -0.15) is 0 Å². The van der Waals surface area contributed by atoms with E-state index in [-0.39, 0.29) is 23.5 Å². The first-order valence-corrected chi connectivity index (χ1v) is 9.63. The Hall–Kier alpha value is -2.19. The van der Waals surface area contributed by atoms with Crippen molar-refractivity contribution in [2.75, 3.05) is 25.9 Å². The van der Waals surface area contributed by atoms with Crippen LogP contribution in [0.25, 0.3) is 0 Å². The summed E-state index contributed by atoms with van der Waals surface area (Å²) in [7, 11) is 1.99. The minimum atomic E-state index is -0.246. The number of nitrogen functional groups attached to an aromatic ring is 1. The number of thiophene rings is 1. The number of hydrogen-bond acceptors (Lipinski definition) is 6. The van der Waals surface area contributed by atoms with Crippen molar-refractivity contribution in [3.63, 3.8) is 0 Å². The molecular weight excluding hydrogens is 350 g/mol. The van der Waals surface area contributed by atoms with Gasteiger partial charge in [-0.25, -0.2) is 4.98 Å². The SMILES string of the molecule is CCc1sc(C(=O)N2CC[C@H](N(C)Cc3cc(=O)[nH]c(N)n3)C2)cc1C. The highest BCUT2D eigenvalue weighted by molar-refractivity contribution is 7.14. The molecule has 3 rings (SSSR count). The number of likely N-dealkylation sites (N-methyl/N-ethyl adjacent to an activating group) is 1. The molecule has 1 fully saturated rings. The number of carbonyl (C=O) groups excluding carboxylic acids is 1. The molecule has 0 saturated carbocycles. The zero-order valence-electron chi connectivity index (χ0n) is 15.4. The third-order valence-corrected chi connectivity index (χ3v) is 6.22. The van der Waals surface area contributed by atoms with Gasteiger partial charge in [-0.1, -0.05) is 6.92 Å². The molecule has 1 amide bonds. The van der Waals surface area contributed by atoms with Gasteiger partial charge in [0, 0.05) is 36.6 Å². The highest BCUT2D eigenvalue weighted by Crippen LogP contribution is 2.26. The minimum Gasteiger partial charge on any atom is -0.369 e. The number of anilines is 1. The van der Waals surface area contributed by atoms with Crippen LogP contribution in [-0.2, 0) is 13.0 Å². The zero-order chi connectivity index (χ0) is 18.8. The molecule has 0 aromatic carbocycles. The second-order valence-electron chi connectivity index (χ2n) is 6.80. The van der Waals surface area contributed by atoms with Crippen molar-refractivity contribution in [2.45, 2.75) is 39.3 Å². The molecule has 1 aliphatic heterocycles. The smallest absolute Gasteiger partial charge is 0.263 e. The molecule has 140 valence electrons. The van der Waals surface area contributed by atoms with Gasteiger partial charge in [-0.15, -0.1) is 11.3 Å². The normalized spacial score (nSPS) is 17.2. The molecule has 1 aliphatic rings. The Morgan fingerprint density at radius 3 is 2.92 bits per heavy atom. The van der Waals surface area contributed by atoms with Gasteiger partial charge in [-0.05, 0) is 38.4 Å². The van der Waals surface area contributed by atoms with E-state index < -0.39 is 0 Å². The molecule has 0 unspecified atom stereocenters. The molecule has 3 heterocycles. The first-order valence-electron chi connectivity index (χ1n) is 8.82. The van der Waals surface area contributed by atoms with Crippen molar-refractivity contribution in [3.8, 4) is 0 Å². The number of carbonyl (C=O) groups is 1. The highest BCUT2D eigenvalue weighted by Gasteiger charge is 2.30. The minimum absolute atomic E-state index is 0.118. The average Bonchev–Trinajstić information content (AvgIpc) is 3.20. The summed E-state index contributed by atoms with van der Waals surface area (Å²) in [6, 6.07) is 3.71. The molecule has 0 radical (unpaired) electrons. The Bertz CT molecular complexity index is 860. The van der Waals surface area contributed by atoms with Crippen LogP contribution in [0, 0.1) is 6.92 Å². The van der Waals surface area contributed by atoms with Crippen molar-refractivity contribution in [1.29, 1.82) is 0 Å². The molecule has 0 aliphatic carbocycles. The summed E-state index contributed by atoms with van der Waals surface area (Å²) < 4.78 is 0. The van der Waals surface area contributed by atoms with Gasteiger partial charge in [0.1, 0.15) is 0 Å². The Balaban J connectivity index is 1.63. The third-order valence-electron chi connectivity index (χ3n) is 4.85. The van der Waals surface area contributed by atoms with E-state index in [0.717, 1.165) is 24.3 Å². The van der Waals surface area contributed by atoms with Gasteiger partial charge in [-0.3, -0.25) is 19.5 Å². The molecule has 2 aromatic rings. The summed E-state index contributed by atoms with van der Waals surface area (Å²) in [5.41, 5.74) is 7.20. The lowest BCUT2D eigenvalue weighted by Crippen LogP contribution is -2.36. The lowest BCUT2D eigenvalue weighted by atomic mass is 10.2. The first kappa shape index (κ1) is 18.6. The predicted octanol–water partition coefficient (Wildman–Crippen LogP) is 1.63. The fraction of sp³-hybridized carbons (Fsp3) is 0.500. The standard InChI is InChI=1S/C18H25N5O2S/c1-4-14-11(2)7-15(26-14)17(25)23-6-5-13(10-23)22(3)9-12-8-16(24)21-18(19)20-12/h7-8,13H,4-6,9-10H2,1-3H3,(H3,19,20,21,24)/t13-/m0/s1. The van der Waals surface area contributed by atoms with E-state index in [9.17, 15) is 9.59 Å². The lowest BCUT2D eigenvalue weighted by Gasteiger charge is -2.24. The van der Waals surface area contributed by atoms with Crippen LogP contribution in [-0.4, -0.2) is 51.9 Å². The second-order valence-corrected chi connectivity index (χ2v) is 7.94. The molecule has 1 atom stereocenters. The monoisotopic (exact) mass is 375 g/mol. The highest BCUT2D eigenvalue weighted by atomic mass is 32.1. The van der Waals surface area contributed by atoms with E-state index in [1.54, 1.807) is 11.3 Å². The molecule has 7 nitrogen and oxygen atoms in total. The third kappa shape index (κ3) is 3.96. The maximum atomic E-state index is 12.8. The van der Waals surface area contributed by atoms with Crippen LogP contribution >= 0.6 is 11.3 Å². The van der Waals surface area contributed by atoms with E-state index in [2.05, 4.69) is 28.7 Å². The van der Waals surface area contributed by atoms with Crippen LogP contribution in [0.1, 0.15) is 39.2 Å². The molecule has 8 heteroatoms. The van der Waals surface area contributed by atoms with Gasteiger partial charge in [0.2, 0.25) is 5.95 Å². The van der Waals surface area contributed by atoms with Crippen LogP contribution in [0.3, 0.4) is 0 Å². The number of nitrogens with one attached hydrogen (secondary N) is 1. The van der Waals surface area contributed by atoms with E-state index in [4.69, 9.17) is 5.73 Å². The summed E-state index contributed by atoms with van der Waals surface area (Å²) in [5, 5.41) is 0. The number of aromatic nitrogens is 2. The number of aryl methyl sites for hydroxylation is 2. The van der Waals surface area contributed by atoms with E-state index in [1.165, 1.54) is 16.5 Å². The molecule has 3 N–H and O–H groups in total. The Morgan fingerprint density at radius 1 is 1.50 bits per heavy atom. The van der Waals surface area contributed by atoms with Crippen LogP contribution in [0.2, 0.25) is 0 Å². The van der Waals surface area contributed by atoms with Gasteiger partial charge < -0.3 is 10.6 Å². The number of nitrogens with zero attached hydrogens (tertiary/aromatic N) is 3. The molecule has 2 aromatic heterocycles. The average molecular weight is 375 g/mol. The quantitative estimate of drug-likeness (QED) is 0.828. The Kier molecular flexibility index (Phi) is 5.43. The number of amides is 1. The Morgan fingerprint density at radius 2 is 2.27 bits per heavy atom. The number of rotatable bonds is 5. The molecule has 0 bridgehead atoms. The summed E-state index contributed by atoms with van der Waals surface area (Å²) in [5.74, 6) is 0.246. The number of H-pyrrole nitrogens is 1. The second kappa shape index (κ2) is 7.59. The van der Waals surface area contributed by atoms with E-state index in [1.807, 2.05) is 18.0 Å². The van der Waals surface area contributed by atoms with Crippen LogP contribution in [0.15, 0.2) is 16.9 Å². The lowest BCUT2D eigenvalue weighted by molar-refractivity contribution is 0.0784. The maximum Gasteiger partial charge on any atom is 0.263 e. The maximum absolute atomic E-state index is 12.8. The zero-order valence-corrected chi connectivity index (χ0v) is 16.2. The summed E-state index contributed by atoms with van der Waals surface area (Å²) in [6.07, 6.45) is 1.87. The van der Waals surface area contributed by atoms with E-state index >= 15 is 0 Å². The van der Waals surface area contributed by atoms with Crippen molar-refractivity contribution in [2.24, 2.45) is 0 Å². The molecule has 1 saturated heterocycles. The van der Waals surface area contributed by atoms with Crippen LogP contribution < -0.4 is 11.3 Å². The van der Waals surface area contributed by atoms with Crippen molar-refractivity contribution in [1.82, 2.24) is 19.8 Å². The number of likely N-dealkylation sites (tertiary alicyclic amines) is 1. The van der Waals surface area contributed by atoms with E-state index in [0.29, 0.717) is 18.8 Å². The topological polar surface area (TPSA) is 95.3 Å². The van der Waals surface area contributed by atoms with Gasteiger partial charge >= 0.3 is 0 Å². The number of aromatic amines is 1. The predicted molar refractivity (Wildman–Crippen MR) is 103 cm³/mol. The van der Waals surface area contributed by atoms with Crippen molar-refractivity contribution >= 4 is 23.2 Å². The van der Waals surface area contributed by atoms with Gasteiger partial charge in [0.05, 0.1) is 10.6 Å². The van der Waals surface area contributed by atoms with Crippen molar-refractivity contribution in [3.05, 3.63) is 43.5 Å². The Labute approximate surface area is 156 Å². The first-order chi connectivity index (χ1) is 12.4. The fourth-order valence-corrected chi connectivity index (χ4v) is 4.49. The van der Waals surface area contributed by atoms with Gasteiger partial charge in [0.15, 0.2) is 0 Å². The van der Waals surface area contributed by atoms with Gasteiger partial charge in [0.25, 0.3) is 11.5 Å². The van der Waals surface area contributed by atoms with Crippen LogP contribution in [0.5, 0.6) is 0 Å². The number of hydrogen-bond donors (Lipinski definition) is 2. The molecule has 0 spiro atoms. The molecule has 26 heavy (non-hydrogen) atoms. The fourth-order valence-electron chi connectivity index (χ4n) is 3.41. The number of nitrogens with two attached hydrogens (primary N) is 1. The summed E-state index contributed by atoms with van der Waals surface area (Å²) >= 11 is 1.60. The van der Waals surface area contributed by atoms with Crippen LogP contribution in [0.4, 0.5) is 5.95 Å². The summed E-state index contributed by atoms with van der Waals surface area (Å²) in [4.78, 5) is 37.1. The largest absolute Gasteiger partial charge is 0.369 e.